The van der Waals surface area contributed by atoms with Gasteiger partial charge in [-0.1, -0.05) is 23.2 Å². The van der Waals surface area contributed by atoms with Crippen molar-refractivity contribution in [1.29, 1.82) is 0 Å². The van der Waals surface area contributed by atoms with Gasteiger partial charge in [0.25, 0.3) is 6.43 Å². The van der Waals surface area contributed by atoms with E-state index in [1.165, 1.54) is 0 Å². The van der Waals surface area contributed by atoms with Crippen molar-refractivity contribution in [2.75, 3.05) is 0 Å². The molecule has 0 atom stereocenters. The molecule has 72 valence electrons. The van der Waals surface area contributed by atoms with Crippen LogP contribution in [0.25, 0.3) is 0 Å². The van der Waals surface area contributed by atoms with Crippen molar-refractivity contribution < 1.29 is 13.9 Å². The van der Waals surface area contributed by atoms with Crippen LogP contribution in [0.3, 0.4) is 0 Å². The first kappa shape index (κ1) is 10.6. The molecule has 1 aromatic heterocycles. The minimum atomic E-state index is -2.76. The molecule has 0 aliphatic carbocycles. The predicted molar refractivity (Wildman–Crippen MR) is 45.1 cm³/mol. The molecule has 0 aromatic carbocycles. The molecule has 0 saturated heterocycles. The van der Waals surface area contributed by atoms with Crippen LogP contribution >= 0.6 is 23.2 Å². The monoisotopic (exact) mass is 227 g/mol. The Balaban J connectivity index is 3.30. The first-order chi connectivity index (χ1) is 6.06. The first-order valence-corrected chi connectivity index (χ1v) is 4.05. The van der Waals surface area contributed by atoms with E-state index in [4.69, 9.17) is 28.3 Å². The van der Waals surface area contributed by atoms with Gasteiger partial charge in [-0.25, -0.2) is 13.8 Å². The summed E-state index contributed by atoms with van der Waals surface area (Å²) in [5, 5.41) is 8.35. The topological polar surface area (TPSA) is 33.1 Å². The Labute approximate surface area is 83.1 Å². The Morgan fingerprint density at radius 1 is 1.46 bits per heavy atom. The zero-order valence-electron chi connectivity index (χ0n) is 6.27. The maximum Gasteiger partial charge on any atom is 0.267 e. The van der Waals surface area contributed by atoms with E-state index in [2.05, 4.69) is 4.98 Å². The van der Waals surface area contributed by atoms with Crippen molar-refractivity contribution in [3.63, 3.8) is 0 Å². The average molecular weight is 228 g/mol. The fourth-order valence-electron chi connectivity index (χ4n) is 0.901. The van der Waals surface area contributed by atoms with Crippen molar-refractivity contribution in [1.82, 2.24) is 4.98 Å². The van der Waals surface area contributed by atoms with E-state index < -0.39 is 18.6 Å². The number of alkyl halides is 2. The van der Waals surface area contributed by atoms with Crippen LogP contribution < -0.4 is 0 Å². The number of pyridine rings is 1. The second-order valence-electron chi connectivity index (χ2n) is 2.27. The quantitative estimate of drug-likeness (QED) is 0.789. The van der Waals surface area contributed by atoms with Gasteiger partial charge in [-0.3, -0.25) is 0 Å². The van der Waals surface area contributed by atoms with Crippen LogP contribution in [-0.2, 0) is 6.61 Å². The Bertz CT molecular complexity index is 320. The van der Waals surface area contributed by atoms with Crippen LogP contribution in [0.2, 0.25) is 10.3 Å². The average Bonchev–Trinajstić information content (AvgIpc) is 2.01. The summed E-state index contributed by atoms with van der Waals surface area (Å²) in [5.41, 5.74) is -0.464. The van der Waals surface area contributed by atoms with Gasteiger partial charge in [0.1, 0.15) is 10.3 Å². The Morgan fingerprint density at radius 2 is 2.08 bits per heavy atom. The molecular formula is C7H5Cl2F2NO. The molecule has 6 heteroatoms. The standard InChI is InChI=1S/C7H5Cl2F2NO/c8-4-1-3(2-13)5(7(10)11)6(9)12-4/h1,7,13H,2H2. The number of aromatic nitrogens is 1. The number of rotatable bonds is 2. The normalized spacial score (nSPS) is 10.9. The Kier molecular flexibility index (Phi) is 3.41. The summed E-state index contributed by atoms with van der Waals surface area (Å²) in [6, 6.07) is 1.16. The second-order valence-corrected chi connectivity index (χ2v) is 3.01. The number of aliphatic hydroxyl groups excluding tert-OH is 1. The van der Waals surface area contributed by atoms with Crippen LogP contribution in [0.1, 0.15) is 17.6 Å². The third kappa shape index (κ3) is 2.27. The van der Waals surface area contributed by atoms with Crippen molar-refractivity contribution in [3.8, 4) is 0 Å². The van der Waals surface area contributed by atoms with Gasteiger partial charge in [0.05, 0.1) is 12.2 Å². The molecule has 0 radical (unpaired) electrons. The molecule has 1 heterocycles. The van der Waals surface area contributed by atoms with Gasteiger partial charge in [0, 0.05) is 0 Å². The van der Waals surface area contributed by atoms with Crippen LogP contribution in [0, 0.1) is 0 Å². The summed E-state index contributed by atoms with van der Waals surface area (Å²) in [6.07, 6.45) is -2.76. The third-order valence-electron chi connectivity index (χ3n) is 1.46. The maximum absolute atomic E-state index is 12.3. The van der Waals surface area contributed by atoms with Crippen LogP contribution in [0.4, 0.5) is 8.78 Å². The minimum Gasteiger partial charge on any atom is -0.392 e. The summed E-state index contributed by atoms with van der Waals surface area (Å²) >= 11 is 10.9. The van der Waals surface area contributed by atoms with Crippen LogP contribution in [-0.4, -0.2) is 10.1 Å². The van der Waals surface area contributed by atoms with E-state index in [9.17, 15) is 8.78 Å². The molecule has 0 saturated carbocycles. The number of hydrogen-bond donors (Lipinski definition) is 1. The minimum absolute atomic E-state index is 0.000000000000000222. The lowest BCUT2D eigenvalue weighted by atomic mass is 10.1. The number of hydrogen-bond acceptors (Lipinski definition) is 2. The van der Waals surface area contributed by atoms with E-state index in [-0.39, 0.29) is 15.9 Å². The SMILES string of the molecule is OCc1cc(Cl)nc(Cl)c1C(F)F. The van der Waals surface area contributed by atoms with Crippen LogP contribution in [0.5, 0.6) is 0 Å². The molecule has 0 spiro atoms. The Hall–Kier alpha value is -0.450. The maximum atomic E-state index is 12.3. The smallest absolute Gasteiger partial charge is 0.267 e. The lowest BCUT2D eigenvalue weighted by Crippen LogP contribution is -1.98. The van der Waals surface area contributed by atoms with E-state index in [0.717, 1.165) is 6.07 Å². The second kappa shape index (κ2) is 4.17. The summed E-state index contributed by atoms with van der Waals surface area (Å²) in [6.45, 7) is -0.540. The zero-order valence-corrected chi connectivity index (χ0v) is 7.78. The summed E-state index contributed by atoms with van der Waals surface area (Å²) in [7, 11) is 0. The summed E-state index contributed by atoms with van der Waals surface area (Å²) in [5.74, 6) is 0. The van der Waals surface area contributed by atoms with Crippen LogP contribution in [0.15, 0.2) is 6.07 Å². The van der Waals surface area contributed by atoms with Gasteiger partial charge in [0.15, 0.2) is 0 Å². The summed E-state index contributed by atoms with van der Waals surface area (Å²) in [4.78, 5) is 3.44. The van der Waals surface area contributed by atoms with Crippen molar-refractivity contribution in [2.24, 2.45) is 0 Å². The molecule has 2 nitrogen and oxygen atoms in total. The van der Waals surface area contributed by atoms with E-state index >= 15 is 0 Å². The summed E-state index contributed by atoms with van der Waals surface area (Å²) < 4.78 is 24.7. The van der Waals surface area contributed by atoms with Crippen molar-refractivity contribution >= 4 is 23.2 Å². The van der Waals surface area contributed by atoms with Gasteiger partial charge < -0.3 is 5.11 Å². The molecule has 13 heavy (non-hydrogen) atoms. The van der Waals surface area contributed by atoms with E-state index in [1.54, 1.807) is 0 Å². The van der Waals surface area contributed by atoms with E-state index in [1.807, 2.05) is 0 Å². The molecule has 0 unspecified atom stereocenters. The molecule has 1 rings (SSSR count). The highest BCUT2D eigenvalue weighted by molar-refractivity contribution is 6.33. The molecule has 1 aromatic rings. The molecule has 0 aliphatic rings. The number of nitrogens with zero attached hydrogens (tertiary/aromatic N) is 1. The zero-order chi connectivity index (χ0) is 10.0. The highest BCUT2D eigenvalue weighted by Gasteiger charge is 2.18. The third-order valence-corrected chi connectivity index (χ3v) is 1.94. The van der Waals surface area contributed by atoms with Crippen molar-refractivity contribution in [2.45, 2.75) is 13.0 Å². The predicted octanol–water partition coefficient (Wildman–Crippen LogP) is 2.82. The lowest BCUT2D eigenvalue weighted by Gasteiger charge is -2.07. The fourth-order valence-corrected chi connectivity index (χ4v) is 1.46. The number of halogens is 4. The fraction of sp³-hybridized carbons (Fsp3) is 0.286. The molecule has 0 bridgehead atoms. The molecule has 1 N–H and O–H groups in total. The highest BCUT2D eigenvalue weighted by atomic mass is 35.5. The largest absolute Gasteiger partial charge is 0.392 e. The van der Waals surface area contributed by atoms with Gasteiger partial charge in [0.2, 0.25) is 0 Å². The first-order valence-electron chi connectivity index (χ1n) is 3.30. The lowest BCUT2D eigenvalue weighted by molar-refractivity contribution is 0.147. The van der Waals surface area contributed by atoms with Gasteiger partial charge in [-0.2, -0.15) is 0 Å². The van der Waals surface area contributed by atoms with E-state index in [0.29, 0.717) is 0 Å². The van der Waals surface area contributed by atoms with Gasteiger partial charge >= 0.3 is 0 Å². The molecule has 0 fully saturated rings. The van der Waals surface area contributed by atoms with Gasteiger partial charge in [-0.15, -0.1) is 0 Å². The van der Waals surface area contributed by atoms with Crippen molar-refractivity contribution in [3.05, 3.63) is 27.5 Å². The molecular weight excluding hydrogens is 223 g/mol. The Morgan fingerprint density at radius 3 is 2.54 bits per heavy atom. The molecule has 0 aliphatic heterocycles. The van der Waals surface area contributed by atoms with Gasteiger partial charge in [-0.05, 0) is 11.6 Å². The molecule has 0 amide bonds. The number of aliphatic hydroxyl groups is 1. The highest BCUT2D eigenvalue weighted by Crippen LogP contribution is 2.30.